The molecule has 0 heterocycles. The monoisotopic (exact) mass is 436 g/mol. The number of anilines is 2. The standard InChI is InChI=1S/C20H15ClF2N2O3S/c1-12-10-16(29(27,28)25-19-8-6-15(22)11-17(19)23)7-9-18(12)24-20(26)13-2-4-14(21)5-3-13/h2-11,25H,1H3,(H,24,26). The Balaban J connectivity index is 1.80. The van der Waals surface area contributed by atoms with Crippen molar-refractivity contribution in [3.05, 3.63) is 88.4 Å². The smallest absolute Gasteiger partial charge is 0.261 e. The number of hydrogen-bond donors (Lipinski definition) is 2. The molecule has 3 rings (SSSR count). The molecule has 1 amide bonds. The summed E-state index contributed by atoms with van der Waals surface area (Å²) >= 11 is 5.80. The number of sulfonamides is 1. The second-order valence-electron chi connectivity index (χ2n) is 6.17. The summed E-state index contributed by atoms with van der Waals surface area (Å²) in [6, 6.07) is 12.8. The van der Waals surface area contributed by atoms with E-state index in [1.165, 1.54) is 18.2 Å². The lowest BCUT2D eigenvalue weighted by atomic mass is 10.1. The fourth-order valence-electron chi connectivity index (χ4n) is 2.52. The van der Waals surface area contributed by atoms with E-state index in [1.54, 1.807) is 31.2 Å². The van der Waals surface area contributed by atoms with E-state index >= 15 is 0 Å². The number of hydrogen-bond acceptors (Lipinski definition) is 3. The van der Waals surface area contributed by atoms with E-state index in [2.05, 4.69) is 10.0 Å². The molecule has 0 bridgehead atoms. The lowest BCUT2D eigenvalue weighted by molar-refractivity contribution is 0.102. The van der Waals surface area contributed by atoms with Gasteiger partial charge in [0, 0.05) is 22.3 Å². The molecule has 0 aliphatic carbocycles. The molecule has 3 aromatic rings. The molecule has 0 spiro atoms. The minimum absolute atomic E-state index is 0.136. The Kier molecular flexibility index (Phi) is 5.86. The second-order valence-corrected chi connectivity index (χ2v) is 8.29. The average molecular weight is 437 g/mol. The SMILES string of the molecule is Cc1cc(S(=O)(=O)Nc2ccc(F)cc2F)ccc1NC(=O)c1ccc(Cl)cc1. The fourth-order valence-corrected chi connectivity index (χ4v) is 3.79. The van der Waals surface area contributed by atoms with Crippen LogP contribution in [0.3, 0.4) is 0 Å². The van der Waals surface area contributed by atoms with Crippen molar-refractivity contribution >= 4 is 38.9 Å². The van der Waals surface area contributed by atoms with Gasteiger partial charge in [0.15, 0.2) is 0 Å². The molecule has 0 saturated heterocycles. The Labute approximate surface area is 171 Å². The Bertz CT molecular complexity index is 1180. The highest BCUT2D eigenvalue weighted by molar-refractivity contribution is 7.92. The van der Waals surface area contributed by atoms with E-state index in [1.807, 2.05) is 0 Å². The van der Waals surface area contributed by atoms with Gasteiger partial charge < -0.3 is 5.32 Å². The maximum atomic E-state index is 13.7. The zero-order valence-corrected chi connectivity index (χ0v) is 16.6. The van der Waals surface area contributed by atoms with Gasteiger partial charge in [-0.1, -0.05) is 11.6 Å². The molecule has 0 radical (unpaired) electrons. The van der Waals surface area contributed by atoms with Gasteiger partial charge in [-0.3, -0.25) is 9.52 Å². The maximum absolute atomic E-state index is 13.7. The van der Waals surface area contributed by atoms with E-state index in [-0.39, 0.29) is 16.5 Å². The van der Waals surface area contributed by atoms with Crippen LogP contribution in [0.2, 0.25) is 5.02 Å². The Hall–Kier alpha value is -2.97. The van der Waals surface area contributed by atoms with Crippen LogP contribution < -0.4 is 10.0 Å². The third-order valence-corrected chi connectivity index (χ3v) is 5.65. The van der Waals surface area contributed by atoms with Gasteiger partial charge in [0.05, 0.1) is 10.6 Å². The minimum Gasteiger partial charge on any atom is -0.322 e. The third kappa shape index (κ3) is 4.90. The van der Waals surface area contributed by atoms with Crippen LogP contribution in [0, 0.1) is 18.6 Å². The first kappa shape index (κ1) is 20.8. The van der Waals surface area contributed by atoms with Crippen LogP contribution in [0.1, 0.15) is 15.9 Å². The molecule has 2 N–H and O–H groups in total. The highest BCUT2D eigenvalue weighted by Crippen LogP contribution is 2.24. The van der Waals surface area contributed by atoms with E-state index in [4.69, 9.17) is 11.6 Å². The largest absolute Gasteiger partial charge is 0.322 e. The normalized spacial score (nSPS) is 11.2. The van der Waals surface area contributed by atoms with E-state index in [0.717, 1.165) is 12.1 Å². The number of carbonyl (C=O) groups is 1. The van der Waals surface area contributed by atoms with Crippen molar-refractivity contribution in [2.45, 2.75) is 11.8 Å². The Morgan fingerprint density at radius 2 is 1.59 bits per heavy atom. The van der Waals surface area contributed by atoms with E-state index < -0.39 is 21.7 Å². The van der Waals surface area contributed by atoms with Crippen LogP contribution in [0.4, 0.5) is 20.2 Å². The zero-order chi connectivity index (χ0) is 21.2. The van der Waals surface area contributed by atoms with Crippen LogP contribution in [-0.2, 0) is 10.0 Å². The summed E-state index contributed by atoms with van der Waals surface area (Å²) in [6.45, 7) is 1.62. The Morgan fingerprint density at radius 3 is 2.21 bits per heavy atom. The van der Waals surface area contributed by atoms with Gasteiger partial charge in [-0.05, 0) is 67.1 Å². The van der Waals surface area contributed by atoms with Gasteiger partial charge in [-0.25, -0.2) is 17.2 Å². The summed E-state index contributed by atoms with van der Waals surface area (Å²) in [5, 5.41) is 3.19. The topological polar surface area (TPSA) is 75.3 Å². The molecule has 0 unspecified atom stereocenters. The molecule has 0 aromatic heterocycles. The lowest BCUT2D eigenvalue weighted by Gasteiger charge is -2.12. The summed E-state index contributed by atoms with van der Waals surface area (Å²) in [5.74, 6) is -2.23. The van der Waals surface area contributed by atoms with Crippen molar-refractivity contribution in [2.75, 3.05) is 10.0 Å². The van der Waals surface area contributed by atoms with Crippen LogP contribution in [-0.4, -0.2) is 14.3 Å². The molecule has 5 nitrogen and oxygen atoms in total. The summed E-state index contributed by atoms with van der Waals surface area (Å²) in [4.78, 5) is 12.2. The van der Waals surface area contributed by atoms with Crippen LogP contribution in [0.5, 0.6) is 0 Å². The summed E-state index contributed by atoms with van der Waals surface area (Å²) in [6.07, 6.45) is 0. The van der Waals surface area contributed by atoms with Gasteiger partial charge in [-0.15, -0.1) is 0 Å². The molecule has 0 fully saturated rings. The van der Waals surface area contributed by atoms with Crippen molar-refractivity contribution in [1.82, 2.24) is 0 Å². The van der Waals surface area contributed by atoms with Gasteiger partial charge in [-0.2, -0.15) is 0 Å². The van der Waals surface area contributed by atoms with Gasteiger partial charge in [0.1, 0.15) is 11.6 Å². The van der Waals surface area contributed by atoms with E-state index in [0.29, 0.717) is 27.9 Å². The molecule has 0 aliphatic rings. The van der Waals surface area contributed by atoms with Crippen LogP contribution >= 0.6 is 11.6 Å². The molecule has 29 heavy (non-hydrogen) atoms. The van der Waals surface area contributed by atoms with Crippen molar-refractivity contribution in [1.29, 1.82) is 0 Å². The summed E-state index contributed by atoms with van der Waals surface area (Å²) < 4.78 is 53.8. The van der Waals surface area contributed by atoms with Gasteiger partial charge >= 0.3 is 0 Å². The molecule has 150 valence electrons. The molecular formula is C20H15ClF2N2O3S. The molecular weight excluding hydrogens is 422 g/mol. The zero-order valence-electron chi connectivity index (χ0n) is 15.0. The highest BCUT2D eigenvalue weighted by Gasteiger charge is 2.18. The molecule has 9 heteroatoms. The number of rotatable bonds is 5. The van der Waals surface area contributed by atoms with Crippen molar-refractivity contribution < 1.29 is 22.0 Å². The number of halogens is 3. The predicted octanol–water partition coefficient (Wildman–Crippen LogP) is 4.98. The first-order valence-electron chi connectivity index (χ1n) is 8.31. The molecule has 3 aromatic carbocycles. The quantitative estimate of drug-likeness (QED) is 0.592. The number of carbonyl (C=O) groups excluding carboxylic acids is 1. The molecule has 0 saturated carbocycles. The summed E-state index contributed by atoms with van der Waals surface area (Å²) in [5.41, 5.74) is 0.912. The van der Waals surface area contributed by atoms with Gasteiger partial charge in [0.25, 0.3) is 15.9 Å². The Morgan fingerprint density at radius 1 is 0.931 bits per heavy atom. The number of amides is 1. The first-order valence-corrected chi connectivity index (χ1v) is 10.2. The highest BCUT2D eigenvalue weighted by atomic mass is 35.5. The van der Waals surface area contributed by atoms with Crippen molar-refractivity contribution in [2.24, 2.45) is 0 Å². The van der Waals surface area contributed by atoms with E-state index in [9.17, 15) is 22.0 Å². The first-order chi connectivity index (χ1) is 13.7. The second kappa shape index (κ2) is 8.18. The van der Waals surface area contributed by atoms with Crippen LogP contribution in [0.15, 0.2) is 65.6 Å². The predicted molar refractivity (Wildman–Crippen MR) is 108 cm³/mol. The fraction of sp³-hybridized carbons (Fsp3) is 0.0500. The summed E-state index contributed by atoms with van der Waals surface area (Å²) in [7, 11) is -4.11. The third-order valence-electron chi connectivity index (χ3n) is 4.04. The van der Waals surface area contributed by atoms with Crippen molar-refractivity contribution in [3.8, 4) is 0 Å². The van der Waals surface area contributed by atoms with Gasteiger partial charge in [0.2, 0.25) is 0 Å². The average Bonchev–Trinajstić information content (AvgIpc) is 2.66. The van der Waals surface area contributed by atoms with Crippen LogP contribution in [0.25, 0.3) is 0 Å². The van der Waals surface area contributed by atoms with Crippen molar-refractivity contribution in [3.63, 3.8) is 0 Å². The number of nitrogens with one attached hydrogen (secondary N) is 2. The minimum atomic E-state index is -4.11. The lowest BCUT2D eigenvalue weighted by Crippen LogP contribution is -2.16. The maximum Gasteiger partial charge on any atom is 0.261 e. The molecule has 0 aliphatic heterocycles. The molecule has 0 atom stereocenters. The number of aryl methyl sites for hydroxylation is 1. The number of benzene rings is 3.